The average molecular weight is 358 g/mol. The molecule has 3 atom stereocenters. The summed E-state index contributed by atoms with van der Waals surface area (Å²) in [6.07, 6.45) is 0.994. The van der Waals surface area contributed by atoms with Crippen LogP contribution < -0.4 is 0 Å². The Morgan fingerprint density at radius 2 is 1.36 bits per heavy atom. The summed E-state index contributed by atoms with van der Waals surface area (Å²) in [6.45, 7) is 13.0. The Morgan fingerprint density at radius 3 is 1.72 bits per heavy atom. The van der Waals surface area contributed by atoms with E-state index in [0.29, 0.717) is 12.8 Å². The molecule has 1 fully saturated rings. The molecule has 1 aliphatic rings. The first-order chi connectivity index (χ1) is 11.6. The maximum atomic E-state index is 12.6. The van der Waals surface area contributed by atoms with E-state index in [2.05, 4.69) is 0 Å². The van der Waals surface area contributed by atoms with Crippen LogP contribution in [0.15, 0.2) is 0 Å². The molecule has 25 heavy (non-hydrogen) atoms. The van der Waals surface area contributed by atoms with Gasteiger partial charge in [-0.2, -0.15) is 0 Å². The highest BCUT2D eigenvalue weighted by Gasteiger charge is 2.41. The van der Waals surface area contributed by atoms with Crippen LogP contribution in [0.1, 0.15) is 67.7 Å². The van der Waals surface area contributed by atoms with Gasteiger partial charge in [-0.25, -0.2) is 0 Å². The molecule has 0 radical (unpaired) electrons. The van der Waals surface area contributed by atoms with Gasteiger partial charge in [0, 0.05) is 6.42 Å². The van der Waals surface area contributed by atoms with Crippen molar-refractivity contribution in [3.63, 3.8) is 0 Å². The Balaban J connectivity index is 2.94. The third-order valence-corrected chi connectivity index (χ3v) is 4.23. The Morgan fingerprint density at radius 1 is 0.920 bits per heavy atom. The number of carbonyl (C=O) groups is 2. The Kier molecular flexibility index (Phi) is 8.86. The van der Waals surface area contributed by atoms with E-state index in [1.54, 1.807) is 27.7 Å². The summed E-state index contributed by atoms with van der Waals surface area (Å²) in [6, 6.07) is 0. The SMILES string of the molecule is CCCC(CC1O[C@H](C)[C@@H](C)O1)C(C(=O)OC(C)C)C(=O)OC(C)C. The molecule has 146 valence electrons. The van der Waals surface area contributed by atoms with E-state index >= 15 is 0 Å². The Hall–Kier alpha value is -1.14. The zero-order valence-electron chi connectivity index (χ0n) is 16.6. The van der Waals surface area contributed by atoms with Gasteiger partial charge in [-0.05, 0) is 53.9 Å². The lowest BCUT2D eigenvalue weighted by Gasteiger charge is -2.27. The first-order valence-corrected chi connectivity index (χ1v) is 9.37. The molecule has 0 aromatic heterocycles. The van der Waals surface area contributed by atoms with Crippen molar-refractivity contribution in [3.05, 3.63) is 0 Å². The molecule has 1 rings (SSSR count). The molecule has 1 aliphatic heterocycles. The molecule has 0 aromatic rings. The number of hydrogen-bond donors (Lipinski definition) is 0. The fourth-order valence-corrected chi connectivity index (χ4v) is 2.97. The maximum Gasteiger partial charge on any atom is 0.320 e. The molecule has 1 heterocycles. The van der Waals surface area contributed by atoms with Gasteiger partial charge in [0.1, 0.15) is 0 Å². The molecule has 0 saturated carbocycles. The lowest BCUT2D eigenvalue weighted by atomic mass is 9.85. The summed E-state index contributed by atoms with van der Waals surface area (Å²) in [5.41, 5.74) is 0. The average Bonchev–Trinajstić information content (AvgIpc) is 2.75. The summed E-state index contributed by atoms with van der Waals surface area (Å²) >= 11 is 0. The van der Waals surface area contributed by atoms with E-state index in [9.17, 15) is 9.59 Å². The van der Waals surface area contributed by atoms with Crippen molar-refractivity contribution in [1.29, 1.82) is 0 Å². The number of ether oxygens (including phenoxy) is 4. The van der Waals surface area contributed by atoms with Crippen molar-refractivity contribution in [2.24, 2.45) is 11.8 Å². The first kappa shape index (κ1) is 21.9. The summed E-state index contributed by atoms with van der Waals surface area (Å²) in [5, 5.41) is 0. The van der Waals surface area contributed by atoms with Crippen molar-refractivity contribution in [2.45, 2.75) is 98.4 Å². The molecule has 0 N–H and O–H groups in total. The standard InChI is InChI=1S/C19H34O6/c1-8-9-15(10-16-24-13(6)14(7)25-16)17(18(20)22-11(2)3)19(21)23-12(4)5/h11-17H,8-10H2,1-7H3/t13-,14-,15?/m1/s1. The Labute approximate surface area is 151 Å². The molecular weight excluding hydrogens is 324 g/mol. The molecule has 1 saturated heterocycles. The van der Waals surface area contributed by atoms with Gasteiger partial charge in [0.2, 0.25) is 0 Å². The predicted octanol–water partition coefficient (Wildman–Crippen LogP) is 3.46. The second-order valence-electron chi connectivity index (χ2n) is 7.35. The maximum absolute atomic E-state index is 12.6. The number of esters is 2. The van der Waals surface area contributed by atoms with E-state index in [1.807, 2.05) is 20.8 Å². The van der Waals surface area contributed by atoms with Gasteiger partial charge in [0.25, 0.3) is 0 Å². The van der Waals surface area contributed by atoms with Crippen LogP contribution >= 0.6 is 0 Å². The number of carbonyl (C=O) groups excluding carboxylic acids is 2. The third kappa shape index (κ3) is 6.94. The smallest absolute Gasteiger partial charge is 0.320 e. The highest BCUT2D eigenvalue weighted by molar-refractivity contribution is 5.95. The van der Waals surface area contributed by atoms with Gasteiger partial charge < -0.3 is 18.9 Å². The van der Waals surface area contributed by atoms with Gasteiger partial charge in [-0.1, -0.05) is 13.3 Å². The molecular formula is C19H34O6. The van der Waals surface area contributed by atoms with Crippen LogP contribution in [-0.4, -0.2) is 42.6 Å². The van der Waals surface area contributed by atoms with E-state index in [-0.39, 0.29) is 30.3 Å². The van der Waals surface area contributed by atoms with Crippen LogP contribution in [0.25, 0.3) is 0 Å². The van der Waals surface area contributed by atoms with Crippen LogP contribution in [0.5, 0.6) is 0 Å². The second kappa shape index (κ2) is 10.1. The topological polar surface area (TPSA) is 71.1 Å². The van der Waals surface area contributed by atoms with Crippen LogP contribution in [0.2, 0.25) is 0 Å². The monoisotopic (exact) mass is 358 g/mol. The fraction of sp³-hybridized carbons (Fsp3) is 0.895. The predicted molar refractivity (Wildman–Crippen MR) is 93.8 cm³/mol. The van der Waals surface area contributed by atoms with E-state index in [0.717, 1.165) is 6.42 Å². The fourth-order valence-electron chi connectivity index (χ4n) is 2.97. The van der Waals surface area contributed by atoms with Crippen LogP contribution in [0, 0.1) is 11.8 Å². The minimum atomic E-state index is -0.955. The van der Waals surface area contributed by atoms with Gasteiger partial charge in [0.05, 0.1) is 24.4 Å². The molecule has 6 heteroatoms. The molecule has 0 amide bonds. The van der Waals surface area contributed by atoms with E-state index < -0.39 is 24.1 Å². The normalized spacial score (nSPS) is 22.6. The van der Waals surface area contributed by atoms with Crippen molar-refractivity contribution in [2.75, 3.05) is 0 Å². The van der Waals surface area contributed by atoms with Crippen molar-refractivity contribution in [3.8, 4) is 0 Å². The first-order valence-electron chi connectivity index (χ1n) is 9.37. The molecule has 0 aliphatic carbocycles. The van der Waals surface area contributed by atoms with Crippen LogP contribution in [0.3, 0.4) is 0 Å². The number of hydrogen-bond acceptors (Lipinski definition) is 6. The summed E-state index contributed by atoms with van der Waals surface area (Å²) < 4.78 is 22.2. The zero-order valence-corrected chi connectivity index (χ0v) is 16.6. The van der Waals surface area contributed by atoms with Gasteiger partial charge >= 0.3 is 11.9 Å². The minimum Gasteiger partial charge on any atom is -0.462 e. The van der Waals surface area contributed by atoms with Gasteiger partial charge in [-0.15, -0.1) is 0 Å². The summed E-state index contributed by atoms with van der Waals surface area (Å²) in [4.78, 5) is 25.2. The molecule has 6 nitrogen and oxygen atoms in total. The molecule has 0 spiro atoms. The van der Waals surface area contributed by atoms with Crippen molar-refractivity contribution >= 4 is 11.9 Å². The molecule has 1 unspecified atom stereocenters. The van der Waals surface area contributed by atoms with Crippen molar-refractivity contribution < 1.29 is 28.5 Å². The van der Waals surface area contributed by atoms with E-state index in [1.165, 1.54) is 0 Å². The largest absolute Gasteiger partial charge is 0.462 e. The van der Waals surface area contributed by atoms with E-state index in [4.69, 9.17) is 18.9 Å². The van der Waals surface area contributed by atoms with Crippen LogP contribution in [0.4, 0.5) is 0 Å². The third-order valence-electron chi connectivity index (χ3n) is 4.23. The van der Waals surface area contributed by atoms with Crippen molar-refractivity contribution in [1.82, 2.24) is 0 Å². The Bertz CT molecular complexity index is 402. The highest BCUT2D eigenvalue weighted by atomic mass is 16.7. The number of rotatable bonds is 9. The van der Waals surface area contributed by atoms with Crippen LogP contribution in [-0.2, 0) is 28.5 Å². The highest BCUT2D eigenvalue weighted by Crippen LogP contribution is 2.31. The van der Waals surface area contributed by atoms with Gasteiger partial charge in [-0.3, -0.25) is 9.59 Å². The second-order valence-corrected chi connectivity index (χ2v) is 7.35. The minimum absolute atomic E-state index is 0.00374. The lowest BCUT2D eigenvalue weighted by molar-refractivity contribution is -0.171. The lowest BCUT2D eigenvalue weighted by Crippen LogP contribution is -2.38. The zero-order chi connectivity index (χ0) is 19.1. The molecule has 0 bridgehead atoms. The quantitative estimate of drug-likeness (QED) is 0.464. The summed E-state index contributed by atoms with van der Waals surface area (Å²) in [5.74, 6) is -2.26. The molecule has 0 aromatic carbocycles. The van der Waals surface area contributed by atoms with Gasteiger partial charge in [0.15, 0.2) is 12.2 Å². The summed E-state index contributed by atoms with van der Waals surface area (Å²) in [7, 11) is 0.